The number of carbonyl (C=O) groups is 1. The normalized spacial score (nSPS) is 11.7. The van der Waals surface area contributed by atoms with Crippen molar-refractivity contribution in [3.8, 4) is 17.2 Å². The Bertz CT molecular complexity index is 733. The van der Waals surface area contributed by atoms with Crippen molar-refractivity contribution in [1.29, 1.82) is 0 Å². The third-order valence-corrected chi connectivity index (χ3v) is 5.90. The Morgan fingerprint density at radius 3 is 2.17 bits per heavy atom. The van der Waals surface area contributed by atoms with E-state index in [1.54, 1.807) is 26.4 Å². The molecule has 29 heavy (non-hydrogen) atoms. The van der Waals surface area contributed by atoms with Crippen molar-refractivity contribution >= 4 is 19.4 Å². The van der Waals surface area contributed by atoms with Crippen LogP contribution in [0.1, 0.15) is 51.3 Å². The van der Waals surface area contributed by atoms with Crippen LogP contribution in [0.15, 0.2) is 42.5 Å². The monoisotopic (exact) mass is 410 g/mol. The topological polar surface area (TPSA) is 44.8 Å². The SMILES string of the molecule is CCCCC(CC)COc1ccc(PC(=O)c2c(OC)cccc2OC)cc1.[H-].[Li+]. The molecule has 2 aromatic rings. The molecule has 0 bridgehead atoms. The Labute approximate surface area is 190 Å². The summed E-state index contributed by atoms with van der Waals surface area (Å²) in [5.41, 5.74) is 0.487. The van der Waals surface area contributed by atoms with E-state index in [0.29, 0.717) is 23.0 Å². The van der Waals surface area contributed by atoms with Crippen LogP contribution in [0.25, 0.3) is 0 Å². The summed E-state index contributed by atoms with van der Waals surface area (Å²) >= 11 is 0. The number of hydrogen-bond acceptors (Lipinski definition) is 4. The van der Waals surface area contributed by atoms with E-state index in [-0.39, 0.29) is 34.4 Å². The van der Waals surface area contributed by atoms with E-state index < -0.39 is 0 Å². The maximum atomic E-state index is 12.8. The van der Waals surface area contributed by atoms with E-state index in [1.165, 1.54) is 19.3 Å². The molecule has 0 fully saturated rings. The van der Waals surface area contributed by atoms with Gasteiger partial charge in [-0.2, -0.15) is 0 Å². The van der Waals surface area contributed by atoms with Crippen LogP contribution >= 0.6 is 8.58 Å². The minimum absolute atomic E-state index is 0. The maximum absolute atomic E-state index is 12.8. The molecule has 0 spiro atoms. The second kappa shape index (κ2) is 13.7. The van der Waals surface area contributed by atoms with E-state index in [2.05, 4.69) is 13.8 Å². The van der Waals surface area contributed by atoms with Crippen LogP contribution in [0.3, 0.4) is 0 Å². The Morgan fingerprint density at radius 2 is 1.66 bits per heavy atom. The molecule has 2 rings (SSSR count). The van der Waals surface area contributed by atoms with Crippen LogP contribution in [0.5, 0.6) is 17.2 Å². The number of carbonyl (C=O) groups excluding carboxylic acids is 1. The minimum atomic E-state index is -0.00622. The van der Waals surface area contributed by atoms with Crippen molar-refractivity contribution in [3.63, 3.8) is 0 Å². The van der Waals surface area contributed by atoms with Crippen LogP contribution in [0.2, 0.25) is 0 Å². The van der Waals surface area contributed by atoms with E-state index in [1.807, 2.05) is 30.3 Å². The van der Waals surface area contributed by atoms with Crippen LogP contribution < -0.4 is 38.4 Å². The predicted molar refractivity (Wildman–Crippen MR) is 118 cm³/mol. The largest absolute Gasteiger partial charge is 1.00 e. The van der Waals surface area contributed by atoms with Crippen LogP contribution in [0.4, 0.5) is 0 Å². The van der Waals surface area contributed by atoms with Gasteiger partial charge in [0.05, 0.1) is 20.8 Å². The Kier molecular flexibility index (Phi) is 12.1. The van der Waals surface area contributed by atoms with E-state index >= 15 is 0 Å². The van der Waals surface area contributed by atoms with Gasteiger partial charge in [0, 0.05) is 0 Å². The van der Waals surface area contributed by atoms with Crippen molar-refractivity contribution < 1.29 is 39.3 Å². The van der Waals surface area contributed by atoms with Crippen molar-refractivity contribution in [2.75, 3.05) is 20.8 Å². The summed E-state index contributed by atoms with van der Waals surface area (Å²) in [6, 6.07) is 13.2. The van der Waals surface area contributed by atoms with Gasteiger partial charge in [-0.3, -0.25) is 4.79 Å². The van der Waals surface area contributed by atoms with Crippen molar-refractivity contribution in [1.82, 2.24) is 0 Å². The first-order valence-electron chi connectivity index (χ1n) is 9.88. The zero-order valence-corrected chi connectivity index (χ0v) is 19.3. The molecule has 2 unspecified atom stereocenters. The molecular formula is C23H32LiO4P. The first-order chi connectivity index (χ1) is 13.6. The fraction of sp³-hybridized carbons (Fsp3) is 0.435. The average Bonchev–Trinajstić information content (AvgIpc) is 2.74. The Morgan fingerprint density at radius 1 is 1.03 bits per heavy atom. The molecule has 0 saturated carbocycles. The zero-order valence-electron chi connectivity index (χ0n) is 19.3. The molecule has 0 heterocycles. The van der Waals surface area contributed by atoms with Crippen LogP contribution in [-0.4, -0.2) is 26.4 Å². The van der Waals surface area contributed by atoms with Gasteiger partial charge >= 0.3 is 18.9 Å². The van der Waals surface area contributed by atoms with Crippen molar-refractivity contribution in [2.24, 2.45) is 5.92 Å². The van der Waals surface area contributed by atoms with Gasteiger partial charge in [0.2, 0.25) is 0 Å². The number of methoxy groups -OCH3 is 2. The van der Waals surface area contributed by atoms with E-state index in [9.17, 15) is 4.79 Å². The smallest absolute Gasteiger partial charge is 1.00 e. The molecule has 0 amide bonds. The summed E-state index contributed by atoms with van der Waals surface area (Å²) < 4.78 is 16.6. The average molecular weight is 410 g/mol. The molecule has 154 valence electrons. The molecule has 0 aliphatic heterocycles. The standard InChI is InChI=1S/C23H31O4P.Li.H/c1-5-7-9-17(6-2)16-27-18-12-14-19(15-13-18)28-23(24)22-20(25-3)10-8-11-21(22)26-4;;/h8,10-15,17,28H,5-7,9,16H2,1-4H3;;/q;+1;-1. The molecule has 0 aliphatic rings. The number of hydrogen-bond donors (Lipinski definition) is 0. The summed E-state index contributed by atoms with van der Waals surface area (Å²) in [7, 11) is 3.11. The van der Waals surface area contributed by atoms with E-state index in [0.717, 1.165) is 24.1 Å². The number of ether oxygens (including phenoxy) is 3. The van der Waals surface area contributed by atoms with Crippen LogP contribution in [0, 0.1) is 5.92 Å². The molecule has 2 aromatic carbocycles. The molecule has 0 aromatic heterocycles. The molecule has 4 nitrogen and oxygen atoms in total. The van der Waals surface area contributed by atoms with Gasteiger partial charge in [-0.15, -0.1) is 0 Å². The summed E-state index contributed by atoms with van der Waals surface area (Å²) in [4.78, 5) is 12.8. The molecule has 0 saturated heterocycles. The Hall–Kier alpha value is -1.46. The fourth-order valence-electron chi connectivity index (χ4n) is 3.02. The summed E-state index contributed by atoms with van der Waals surface area (Å²) in [6.45, 7) is 5.18. The third-order valence-electron chi connectivity index (χ3n) is 4.80. The number of benzene rings is 2. The molecule has 0 radical (unpaired) electrons. The first kappa shape index (κ1) is 25.6. The third kappa shape index (κ3) is 7.71. The van der Waals surface area contributed by atoms with Gasteiger partial charge in [-0.25, -0.2) is 0 Å². The van der Waals surface area contributed by atoms with Crippen molar-refractivity contribution in [3.05, 3.63) is 48.0 Å². The van der Waals surface area contributed by atoms with Gasteiger partial charge in [-0.05, 0) is 50.5 Å². The summed E-state index contributed by atoms with van der Waals surface area (Å²) in [5, 5.41) is 0.961. The van der Waals surface area contributed by atoms with Gasteiger partial charge in [0.1, 0.15) is 22.8 Å². The maximum Gasteiger partial charge on any atom is 1.00 e. The van der Waals surface area contributed by atoms with E-state index in [4.69, 9.17) is 14.2 Å². The van der Waals surface area contributed by atoms with Gasteiger partial charge < -0.3 is 15.6 Å². The summed E-state index contributed by atoms with van der Waals surface area (Å²) in [5.74, 6) is 2.52. The second-order valence-corrected chi connectivity index (χ2v) is 8.03. The molecule has 0 N–H and O–H groups in total. The van der Waals surface area contributed by atoms with Gasteiger partial charge in [-0.1, -0.05) is 51.3 Å². The minimum Gasteiger partial charge on any atom is -1.00 e. The van der Waals surface area contributed by atoms with Crippen LogP contribution in [-0.2, 0) is 0 Å². The van der Waals surface area contributed by atoms with Gasteiger partial charge in [0.15, 0.2) is 5.52 Å². The molecular weight excluding hydrogens is 378 g/mol. The zero-order chi connectivity index (χ0) is 20.4. The quantitative estimate of drug-likeness (QED) is 0.399. The van der Waals surface area contributed by atoms with Crippen molar-refractivity contribution in [2.45, 2.75) is 39.5 Å². The molecule has 2 atom stereocenters. The van der Waals surface area contributed by atoms with Gasteiger partial charge in [0.25, 0.3) is 0 Å². The Balaban J connectivity index is 0.00000420. The molecule has 6 heteroatoms. The molecule has 0 aliphatic carbocycles. The number of rotatable bonds is 12. The predicted octanol–water partition coefficient (Wildman–Crippen LogP) is 2.56. The first-order valence-corrected chi connectivity index (χ1v) is 10.9. The second-order valence-electron chi connectivity index (χ2n) is 6.74. The number of unbranched alkanes of at least 4 members (excludes halogenated alkanes) is 1. The fourth-order valence-corrected chi connectivity index (χ4v) is 3.98. The summed E-state index contributed by atoms with van der Waals surface area (Å²) in [6.07, 6.45) is 4.81.